The molecule has 18 nitrogen and oxygen atoms in total. The summed E-state index contributed by atoms with van der Waals surface area (Å²) in [7, 11) is 5.11. The molecule has 2 amide bonds. The predicted octanol–water partition coefficient (Wildman–Crippen LogP) is 5.62. The van der Waals surface area contributed by atoms with Crippen molar-refractivity contribution in [1.29, 1.82) is 0 Å². The van der Waals surface area contributed by atoms with E-state index in [4.69, 9.17) is 24.4 Å². The van der Waals surface area contributed by atoms with Gasteiger partial charge in [0, 0.05) is 80.8 Å². The van der Waals surface area contributed by atoms with E-state index in [-0.39, 0.29) is 54.8 Å². The summed E-state index contributed by atoms with van der Waals surface area (Å²) in [6, 6.07) is 6.47. The monoisotopic (exact) mass is 863 g/mol. The van der Waals surface area contributed by atoms with Gasteiger partial charge in [-0.15, -0.1) is 5.10 Å². The largest absolute Gasteiger partial charge is 0.478 e. The summed E-state index contributed by atoms with van der Waals surface area (Å²) < 4.78 is 34.1. The highest BCUT2D eigenvalue weighted by atomic mass is 19.1. The zero-order chi connectivity index (χ0) is 44.9. The van der Waals surface area contributed by atoms with Gasteiger partial charge in [0.1, 0.15) is 23.1 Å². The number of ether oxygens (including phenoxy) is 2. The van der Waals surface area contributed by atoms with E-state index >= 15 is 4.39 Å². The lowest BCUT2D eigenvalue weighted by Crippen LogP contribution is -2.42. The maximum atomic E-state index is 15.9. The molecule has 2 atom stereocenters. The number of halogens is 1. The van der Waals surface area contributed by atoms with E-state index in [1.54, 1.807) is 55.5 Å². The minimum absolute atomic E-state index is 0.0141. The smallest absolute Gasteiger partial charge is 0.410 e. The molecule has 0 bridgehead atoms. The lowest BCUT2D eigenvalue weighted by molar-refractivity contribution is -0.118. The molecular formula is C44H54FN13O5. The normalized spacial score (nSPS) is 17.2. The fraction of sp³-hybridized carbons (Fsp3) is 0.455. The van der Waals surface area contributed by atoms with E-state index in [2.05, 4.69) is 33.4 Å². The molecule has 63 heavy (non-hydrogen) atoms. The number of nitrogens with zero attached hydrogens (tertiary/aromatic N) is 11. The number of anilines is 3. The molecule has 0 radical (unpaired) electrons. The van der Waals surface area contributed by atoms with E-state index in [9.17, 15) is 14.4 Å². The average Bonchev–Trinajstić information content (AvgIpc) is 4.01. The summed E-state index contributed by atoms with van der Waals surface area (Å²) in [5, 5.41) is 11.3. The fourth-order valence-corrected chi connectivity index (χ4v) is 8.33. The molecule has 2 fully saturated rings. The molecule has 19 heteroatoms. The Morgan fingerprint density at radius 2 is 1.79 bits per heavy atom. The Bertz CT molecular complexity index is 2770. The summed E-state index contributed by atoms with van der Waals surface area (Å²) in [6.45, 7) is 14.8. The van der Waals surface area contributed by atoms with E-state index in [1.165, 1.54) is 7.11 Å². The molecule has 2 aliphatic rings. The molecule has 0 unspecified atom stereocenters. The Kier molecular flexibility index (Phi) is 11.4. The first-order valence-electron chi connectivity index (χ1n) is 21.1. The Morgan fingerprint density at radius 1 is 1.03 bits per heavy atom. The highest BCUT2D eigenvalue weighted by Crippen LogP contribution is 2.37. The van der Waals surface area contributed by atoms with Crippen LogP contribution in [0.15, 0.2) is 66.1 Å². The number of carbonyl (C=O) groups is 2. The van der Waals surface area contributed by atoms with Gasteiger partial charge < -0.3 is 43.6 Å². The van der Waals surface area contributed by atoms with E-state index in [0.717, 1.165) is 22.2 Å². The van der Waals surface area contributed by atoms with Gasteiger partial charge in [0.25, 0.3) is 11.4 Å². The topological polar surface area (TPSA) is 184 Å². The average molecular weight is 864 g/mol. The van der Waals surface area contributed by atoms with Crippen LogP contribution in [-0.4, -0.2) is 111 Å². The minimum atomic E-state index is -1.43. The molecule has 6 aromatic heterocycles. The Labute approximate surface area is 363 Å². The summed E-state index contributed by atoms with van der Waals surface area (Å²) >= 11 is 0. The van der Waals surface area contributed by atoms with Gasteiger partial charge in [0.2, 0.25) is 11.9 Å². The quantitative estimate of drug-likeness (QED) is 0.154. The number of aromatic nitrogens is 9. The first kappa shape index (κ1) is 42.9. The number of fused-ring (bicyclic) bond motifs is 2. The standard InChI is InChI=1S/C44H54FN13O5/c1-25(2)57-20-28(10-11-35(57)59)29-12-15-46-38-30(29)18-34(27-13-16-55(17-14-27)43(61)63-44(4,5)6)58(38)19-26(3)40(60)49-32-23-56(21-31(32)45)42-50-37(36-39(51-42)53(7)24-47-36)48-33-22-54(8)52-41(33)62-9/h10-12,15,18,20,22,24-25,27,31-32H,3,13-14,16-17,19,21,23H2,1-2,4-9H3,(H,49,60)(H,48,50,51)/t31-,32-/m1/s1. The van der Waals surface area contributed by atoms with Gasteiger partial charge in [-0.3, -0.25) is 14.3 Å². The number of methoxy groups -OCH3 is 1. The maximum Gasteiger partial charge on any atom is 0.410 e. The van der Waals surface area contributed by atoms with Crippen molar-refractivity contribution in [3.05, 3.63) is 77.4 Å². The highest BCUT2D eigenvalue weighted by molar-refractivity contribution is 5.96. The van der Waals surface area contributed by atoms with Crippen molar-refractivity contribution >= 4 is 51.7 Å². The van der Waals surface area contributed by atoms with Gasteiger partial charge in [-0.25, -0.2) is 19.2 Å². The second-order valence-corrected chi connectivity index (χ2v) is 17.6. The molecule has 0 spiro atoms. The van der Waals surface area contributed by atoms with Crippen molar-refractivity contribution in [2.24, 2.45) is 14.1 Å². The minimum Gasteiger partial charge on any atom is -0.478 e. The number of alkyl halides is 1. The maximum absolute atomic E-state index is 15.9. The first-order valence-corrected chi connectivity index (χ1v) is 21.1. The van der Waals surface area contributed by atoms with Crippen molar-refractivity contribution < 1.29 is 23.5 Å². The van der Waals surface area contributed by atoms with Gasteiger partial charge in [-0.1, -0.05) is 6.58 Å². The summed E-state index contributed by atoms with van der Waals surface area (Å²) in [5.74, 6) is 0.541. The molecule has 332 valence electrons. The van der Waals surface area contributed by atoms with Crippen molar-refractivity contribution in [3.63, 3.8) is 0 Å². The van der Waals surface area contributed by atoms with Crippen molar-refractivity contribution in [2.75, 3.05) is 43.5 Å². The molecule has 0 saturated carbocycles. The van der Waals surface area contributed by atoms with Gasteiger partial charge in [0.15, 0.2) is 17.0 Å². The lowest BCUT2D eigenvalue weighted by atomic mass is 9.93. The molecule has 2 N–H and O–H groups in total. The van der Waals surface area contributed by atoms with Crippen LogP contribution in [-0.2, 0) is 30.2 Å². The van der Waals surface area contributed by atoms with E-state index in [0.29, 0.717) is 60.1 Å². The molecule has 6 aromatic rings. The molecule has 0 aliphatic carbocycles. The first-order chi connectivity index (χ1) is 30.0. The van der Waals surface area contributed by atoms with Crippen molar-refractivity contribution in [1.82, 2.24) is 53.6 Å². The summed E-state index contributed by atoms with van der Waals surface area (Å²) in [5.41, 5.74) is 4.43. The highest BCUT2D eigenvalue weighted by Gasteiger charge is 2.37. The number of carbonyl (C=O) groups excluding carboxylic acids is 2. The lowest BCUT2D eigenvalue weighted by Gasteiger charge is -2.34. The van der Waals surface area contributed by atoms with Crippen LogP contribution in [0, 0.1) is 0 Å². The number of likely N-dealkylation sites (tertiary alicyclic amines) is 1. The Hall–Kier alpha value is -6.79. The summed E-state index contributed by atoms with van der Waals surface area (Å²) in [6.07, 6.45) is 6.49. The third-order valence-corrected chi connectivity index (χ3v) is 11.5. The molecular weight excluding hydrogens is 810 g/mol. The Morgan fingerprint density at radius 3 is 2.51 bits per heavy atom. The predicted molar refractivity (Wildman–Crippen MR) is 237 cm³/mol. The SMILES string of the molecule is C=C(Cn1c(C2CCN(C(=O)OC(C)(C)C)CC2)cc2c(-c3ccc(=O)n(C(C)C)c3)ccnc21)C(=O)N[C@@H]1CN(c2nc(Nc3cn(C)nc3OC)c3ncn(C)c3n2)C[C@H]1F. The number of piperidine rings is 1. The van der Waals surface area contributed by atoms with Crippen LogP contribution < -0.4 is 25.8 Å². The van der Waals surface area contributed by atoms with E-state index < -0.39 is 23.7 Å². The van der Waals surface area contributed by atoms with Gasteiger partial charge in [-0.2, -0.15) is 9.97 Å². The zero-order valence-corrected chi connectivity index (χ0v) is 36.9. The second kappa shape index (κ2) is 16.8. The molecule has 2 aliphatic heterocycles. The number of aryl methyl sites for hydroxylation is 2. The third kappa shape index (κ3) is 8.68. The van der Waals surface area contributed by atoms with Gasteiger partial charge in [-0.05, 0) is 76.8 Å². The summed E-state index contributed by atoms with van der Waals surface area (Å²) in [4.78, 5) is 61.9. The molecule has 8 rings (SSSR count). The van der Waals surface area contributed by atoms with Gasteiger partial charge >= 0.3 is 6.09 Å². The van der Waals surface area contributed by atoms with Crippen molar-refractivity contribution in [3.8, 4) is 17.0 Å². The number of pyridine rings is 2. The second-order valence-electron chi connectivity index (χ2n) is 17.6. The van der Waals surface area contributed by atoms with Crippen LogP contribution in [0.2, 0.25) is 0 Å². The molecule has 2 saturated heterocycles. The van der Waals surface area contributed by atoms with Crippen LogP contribution in [0.5, 0.6) is 5.88 Å². The van der Waals surface area contributed by atoms with Crippen LogP contribution in [0.1, 0.15) is 65.1 Å². The number of hydrogen-bond acceptors (Lipinski definition) is 12. The number of amides is 2. The molecule has 0 aromatic carbocycles. The van der Waals surface area contributed by atoms with Gasteiger partial charge in [0.05, 0.1) is 38.8 Å². The Balaban J connectivity index is 1.04. The van der Waals surface area contributed by atoms with Crippen LogP contribution >= 0.6 is 0 Å². The zero-order valence-electron chi connectivity index (χ0n) is 36.9. The van der Waals surface area contributed by atoms with E-state index in [1.807, 2.05) is 64.6 Å². The molecule has 8 heterocycles. The number of rotatable bonds is 11. The van der Waals surface area contributed by atoms with Crippen molar-refractivity contribution in [2.45, 2.75) is 83.8 Å². The van der Waals surface area contributed by atoms with Crippen LogP contribution in [0.25, 0.3) is 33.3 Å². The number of hydrogen-bond donors (Lipinski definition) is 2. The van der Waals surface area contributed by atoms with Crippen LogP contribution in [0.4, 0.5) is 26.6 Å². The number of imidazole rings is 1. The fourth-order valence-electron chi connectivity index (χ4n) is 8.33. The third-order valence-electron chi connectivity index (χ3n) is 11.5. The number of nitrogens with one attached hydrogen (secondary N) is 2. The van der Waals surface area contributed by atoms with Crippen LogP contribution in [0.3, 0.4) is 0 Å².